The Balaban J connectivity index is 1.96. The Bertz CT molecular complexity index is 365. The number of carboxylic acids is 1. The van der Waals surface area contributed by atoms with Gasteiger partial charge < -0.3 is 19.8 Å². The number of nitrogens with zero attached hydrogens (tertiary/aromatic N) is 1. The molecule has 2 rings (SSSR count). The number of ether oxygens (including phenoxy) is 1. The number of hydrogen-bond acceptors (Lipinski definition) is 4. The summed E-state index contributed by atoms with van der Waals surface area (Å²) in [5, 5.41) is 18.2. The largest absolute Gasteiger partial charge is 0.481 e. The van der Waals surface area contributed by atoms with E-state index in [1.165, 1.54) is 0 Å². The average Bonchev–Trinajstić information content (AvgIpc) is 2.86. The Kier molecular flexibility index (Phi) is 4.99. The molecule has 0 aromatic carbocycles. The lowest BCUT2D eigenvalue weighted by atomic mass is 9.79. The molecule has 0 aromatic rings. The second-order valence-corrected chi connectivity index (χ2v) is 5.97. The van der Waals surface area contributed by atoms with Gasteiger partial charge in [-0.15, -0.1) is 0 Å². The van der Waals surface area contributed by atoms with Crippen molar-refractivity contribution < 1.29 is 24.5 Å². The molecule has 1 amide bonds. The van der Waals surface area contributed by atoms with Crippen LogP contribution in [0.1, 0.15) is 38.5 Å². The van der Waals surface area contributed by atoms with Crippen LogP contribution < -0.4 is 0 Å². The van der Waals surface area contributed by atoms with Gasteiger partial charge in [0.05, 0.1) is 25.7 Å². The smallest absolute Gasteiger partial charge is 0.303 e. The first-order valence-corrected chi connectivity index (χ1v) is 7.27. The van der Waals surface area contributed by atoms with E-state index in [0.717, 1.165) is 25.7 Å². The zero-order valence-electron chi connectivity index (χ0n) is 11.7. The molecule has 0 spiro atoms. The van der Waals surface area contributed by atoms with Crippen molar-refractivity contribution in [2.24, 2.45) is 5.41 Å². The van der Waals surface area contributed by atoms with Gasteiger partial charge in [0.2, 0.25) is 5.91 Å². The zero-order valence-corrected chi connectivity index (χ0v) is 11.7. The predicted octanol–water partition coefficient (Wildman–Crippen LogP) is 0.631. The predicted molar refractivity (Wildman–Crippen MR) is 71.2 cm³/mol. The molecule has 114 valence electrons. The van der Waals surface area contributed by atoms with Crippen molar-refractivity contribution in [3.63, 3.8) is 0 Å². The molecular formula is C14H23NO5. The fourth-order valence-corrected chi connectivity index (χ4v) is 3.35. The molecule has 1 aliphatic carbocycles. The first-order chi connectivity index (χ1) is 9.54. The first-order valence-electron chi connectivity index (χ1n) is 7.27. The van der Waals surface area contributed by atoms with E-state index >= 15 is 0 Å². The number of amides is 1. The second-order valence-electron chi connectivity index (χ2n) is 5.97. The fraction of sp³-hybridized carbons (Fsp3) is 0.857. The van der Waals surface area contributed by atoms with Gasteiger partial charge in [0.25, 0.3) is 0 Å². The average molecular weight is 285 g/mol. The van der Waals surface area contributed by atoms with Crippen molar-refractivity contribution in [1.82, 2.24) is 4.90 Å². The summed E-state index contributed by atoms with van der Waals surface area (Å²) in [6.45, 7) is 1.27. The Hall–Kier alpha value is -1.14. The van der Waals surface area contributed by atoms with E-state index in [2.05, 4.69) is 0 Å². The molecule has 1 saturated heterocycles. The molecule has 0 radical (unpaired) electrons. The van der Waals surface area contributed by atoms with Crippen LogP contribution in [0.5, 0.6) is 0 Å². The molecule has 1 saturated carbocycles. The summed E-state index contributed by atoms with van der Waals surface area (Å²) in [5.41, 5.74) is -0.365. The topological polar surface area (TPSA) is 87.1 Å². The van der Waals surface area contributed by atoms with Crippen LogP contribution in [-0.2, 0) is 14.3 Å². The maximum Gasteiger partial charge on any atom is 0.303 e. The second kappa shape index (κ2) is 6.54. The Morgan fingerprint density at radius 2 is 1.95 bits per heavy atom. The Morgan fingerprint density at radius 1 is 1.25 bits per heavy atom. The third-order valence-corrected chi connectivity index (χ3v) is 4.41. The molecule has 1 heterocycles. The van der Waals surface area contributed by atoms with Crippen LogP contribution in [0.2, 0.25) is 0 Å². The number of aliphatic hydroxyl groups excluding tert-OH is 1. The van der Waals surface area contributed by atoms with Crippen molar-refractivity contribution in [2.45, 2.75) is 44.6 Å². The number of carbonyl (C=O) groups is 2. The number of aliphatic hydroxyl groups is 1. The molecule has 2 fully saturated rings. The highest BCUT2D eigenvalue weighted by Gasteiger charge is 2.39. The van der Waals surface area contributed by atoms with Gasteiger partial charge in [-0.25, -0.2) is 0 Å². The van der Waals surface area contributed by atoms with Crippen LogP contribution >= 0.6 is 0 Å². The van der Waals surface area contributed by atoms with Crippen LogP contribution in [0.4, 0.5) is 0 Å². The lowest BCUT2D eigenvalue weighted by molar-refractivity contribution is -0.145. The summed E-state index contributed by atoms with van der Waals surface area (Å²) in [6, 6.07) is 0. The number of carbonyl (C=O) groups excluding carboxylic acids is 1. The summed E-state index contributed by atoms with van der Waals surface area (Å²) in [6.07, 6.45) is 3.71. The number of morpholine rings is 1. The van der Waals surface area contributed by atoms with Gasteiger partial charge in [0.1, 0.15) is 0 Å². The molecule has 20 heavy (non-hydrogen) atoms. The van der Waals surface area contributed by atoms with Gasteiger partial charge in [0, 0.05) is 19.5 Å². The lowest BCUT2D eigenvalue weighted by Gasteiger charge is -2.35. The molecule has 1 atom stereocenters. The van der Waals surface area contributed by atoms with E-state index in [1.54, 1.807) is 4.90 Å². The third-order valence-electron chi connectivity index (χ3n) is 4.41. The maximum absolute atomic E-state index is 12.4. The minimum Gasteiger partial charge on any atom is -0.481 e. The monoisotopic (exact) mass is 285 g/mol. The summed E-state index contributed by atoms with van der Waals surface area (Å²) in [5.74, 6) is -0.829. The van der Waals surface area contributed by atoms with E-state index in [4.69, 9.17) is 14.9 Å². The lowest BCUT2D eigenvalue weighted by Crippen LogP contribution is -2.48. The van der Waals surface area contributed by atoms with Crippen molar-refractivity contribution in [3.05, 3.63) is 0 Å². The van der Waals surface area contributed by atoms with Crippen LogP contribution in [0, 0.1) is 5.41 Å². The number of hydrogen-bond donors (Lipinski definition) is 2. The van der Waals surface area contributed by atoms with Crippen molar-refractivity contribution in [3.8, 4) is 0 Å². The standard InChI is InChI=1S/C14H23NO5/c16-10-11-9-15(5-6-20-11)12(17)7-14(8-13(18)19)3-1-2-4-14/h11,16H,1-10H2,(H,18,19). The fourth-order valence-electron chi connectivity index (χ4n) is 3.35. The Labute approximate surface area is 118 Å². The SMILES string of the molecule is O=C(O)CC1(CC(=O)N2CCOC(CO)C2)CCCC1. The maximum atomic E-state index is 12.4. The van der Waals surface area contributed by atoms with E-state index in [1.807, 2.05) is 0 Å². The van der Waals surface area contributed by atoms with Crippen molar-refractivity contribution in [2.75, 3.05) is 26.3 Å². The van der Waals surface area contributed by atoms with E-state index < -0.39 is 5.97 Å². The van der Waals surface area contributed by atoms with Crippen molar-refractivity contribution in [1.29, 1.82) is 0 Å². The molecule has 6 heteroatoms. The van der Waals surface area contributed by atoms with Gasteiger partial charge >= 0.3 is 5.97 Å². The van der Waals surface area contributed by atoms with Crippen LogP contribution in [0.25, 0.3) is 0 Å². The molecule has 2 aliphatic rings. The molecule has 0 bridgehead atoms. The van der Waals surface area contributed by atoms with E-state index in [-0.39, 0.29) is 30.5 Å². The normalized spacial score (nSPS) is 25.6. The van der Waals surface area contributed by atoms with Crippen molar-refractivity contribution >= 4 is 11.9 Å². The molecule has 1 unspecified atom stereocenters. The highest BCUT2D eigenvalue weighted by molar-refractivity contribution is 5.78. The van der Waals surface area contributed by atoms with Crippen LogP contribution in [0.3, 0.4) is 0 Å². The van der Waals surface area contributed by atoms with Gasteiger partial charge in [-0.1, -0.05) is 12.8 Å². The molecule has 0 aromatic heterocycles. The van der Waals surface area contributed by atoms with E-state index in [9.17, 15) is 9.59 Å². The van der Waals surface area contributed by atoms with Gasteiger partial charge in [-0.2, -0.15) is 0 Å². The molecule has 2 N–H and O–H groups in total. The number of aliphatic carboxylic acids is 1. The summed E-state index contributed by atoms with van der Waals surface area (Å²) >= 11 is 0. The highest BCUT2D eigenvalue weighted by Crippen LogP contribution is 2.44. The molecule has 6 nitrogen and oxygen atoms in total. The van der Waals surface area contributed by atoms with Crippen LogP contribution in [0.15, 0.2) is 0 Å². The summed E-state index contributed by atoms with van der Waals surface area (Å²) in [4.78, 5) is 25.1. The quantitative estimate of drug-likeness (QED) is 0.773. The summed E-state index contributed by atoms with van der Waals surface area (Å²) in [7, 11) is 0. The highest BCUT2D eigenvalue weighted by atomic mass is 16.5. The zero-order chi connectivity index (χ0) is 14.6. The minimum absolute atomic E-state index is 0.00472. The van der Waals surface area contributed by atoms with Crippen LogP contribution in [-0.4, -0.2) is 59.4 Å². The molecular weight excluding hydrogens is 262 g/mol. The number of carboxylic acid groups (broad SMARTS) is 1. The van der Waals surface area contributed by atoms with Gasteiger partial charge in [-0.3, -0.25) is 9.59 Å². The van der Waals surface area contributed by atoms with E-state index in [0.29, 0.717) is 26.1 Å². The minimum atomic E-state index is -0.824. The molecule has 1 aliphatic heterocycles. The summed E-state index contributed by atoms with van der Waals surface area (Å²) < 4.78 is 5.33. The third kappa shape index (κ3) is 3.70. The number of rotatable bonds is 5. The van der Waals surface area contributed by atoms with Gasteiger partial charge in [-0.05, 0) is 18.3 Å². The first kappa shape index (κ1) is 15.3. The van der Waals surface area contributed by atoms with Gasteiger partial charge in [0.15, 0.2) is 0 Å². The Morgan fingerprint density at radius 3 is 2.55 bits per heavy atom.